The fourth-order valence-electron chi connectivity index (χ4n) is 2.98. The first kappa shape index (κ1) is 12.3. The van der Waals surface area contributed by atoms with Crippen molar-refractivity contribution >= 4 is 10.0 Å². The fourth-order valence-corrected chi connectivity index (χ4v) is 4.12. The third kappa shape index (κ3) is 2.13. The van der Waals surface area contributed by atoms with Crippen LogP contribution in [-0.4, -0.2) is 42.3 Å². The van der Waals surface area contributed by atoms with Crippen molar-refractivity contribution in [2.24, 2.45) is 5.92 Å². The number of hydrogen-bond acceptors (Lipinski definition) is 3. The zero-order valence-corrected chi connectivity index (χ0v) is 10.7. The van der Waals surface area contributed by atoms with E-state index in [4.69, 9.17) is 0 Å². The van der Waals surface area contributed by atoms with Crippen molar-refractivity contribution in [2.45, 2.75) is 44.6 Å². The monoisotopic (exact) mass is 247 g/mol. The van der Waals surface area contributed by atoms with Crippen LogP contribution in [0.4, 0.5) is 0 Å². The first-order chi connectivity index (χ1) is 7.48. The Morgan fingerprint density at radius 1 is 1.38 bits per heavy atom. The Kier molecular flexibility index (Phi) is 3.29. The lowest BCUT2D eigenvalue weighted by Gasteiger charge is -2.46. The van der Waals surface area contributed by atoms with Crippen molar-refractivity contribution < 1.29 is 13.5 Å². The van der Waals surface area contributed by atoms with Gasteiger partial charge in [-0.3, -0.25) is 0 Å². The molecule has 4 nitrogen and oxygen atoms in total. The molecule has 0 aromatic carbocycles. The van der Waals surface area contributed by atoms with Crippen molar-refractivity contribution in [1.29, 1.82) is 0 Å². The summed E-state index contributed by atoms with van der Waals surface area (Å²) in [5.41, 5.74) is -0.585. The van der Waals surface area contributed by atoms with Gasteiger partial charge in [0.25, 0.3) is 0 Å². The van der Waals surface area contributed by atoms with Crippen LogP contribution in [0.25, 0.3) is 0 Å². The molecule has 0 spiro atoms. The normalized spacial score (nSPS) is 37.0. The van der Waals surface area contributed by atoms with Crippen molar-refractivity contribution in [3.05, 3.63) is 0 Å². The molecular formula is C11H21NO3S. The van der Waals surface area contributed by atoms with E-state index in [1.165, 1.54) is 0 Å². The first-order valence-electron chi connectivity index (χ1n) is 6.18. The zero-order valence-electron chi connectivity index (χ0n) is 9.85. The largest absolute Gasteiger partial charge is 0.390 e. The van der Waals surface area contributed by atoms with Crippen molar-refractivity contribution in [3.63, 3.8) is 0 Å². The van der Waals surface area contributed by atoms with Crippen molar-refractivity contribution in [1.82, 2.24) is 4.31 Å². The van der Waals surface area contributed by atoms with Gasteiger partial charge in [0.15, 0.2) is 0 Å². The van der Waals surface area contributed by atoms with Gasteiger partial charge in [0, 0.05) is 19.0 Å². The number of piperidine rings is 1. The molecule has 2 atom stereocenters. The Labute approximate surface area is 97.7 Å². The van der Waals surface area contributed by atoms with Gasteiger partial charge in [-0.2, -0.15) is 0 Å². The summed E-state index contributed by atoms with van der Waals surface area (Å²) < 4.78 is 25.1. The second-order valence-electron chi connectivity index (χ2n) is 5.05. The van der Waals surface area contributed by atoms with E-state index in [2.05, 4.69) is 0 Å². The zero-order chi connectivity index (χ0) is 11.8. The molecule has 2 unspecified atom stereocenters. The highest BCUT2D eigenvalue weighted by Crippen LogP contribution is 2.40. The standard InChI is InChI=1S/C11H21NO3S/c1-2-16(14,15)12-8-7-11(13)6-4-3-5-10(11)9-12/h10,13H,2-9H2,1H3. The Balaban J connectivity index is 2.11. The van der Waals surface area contributed by atoms with E-state index >= 15 is 0 Å². The Hall–Kier alpha value is -0.130. The van der Waals surface area contributed by atoms with Gasteiger partial charge in [0.2, 0.25) is 10.0 Å². The van der Waals surface area contributed by atoms with Gasteiger partial charge < -0.3 is 5.11 Å². The van der Waals surface area contributed by atoms with E-state index in [0.717, 1.165) is 25.7 Å². The molecule has 1 N–H and O–H groups in total. The number of hydrogen-bond donors (Lipinski definition) is 1. The van der Waals surface area contributed by atoms with Crippen LogP contribution in [0.3, 0.4) is 0 Å². The molecule has 16 heavy (non-hydrogen) atoms. The number of fused-ring (bicyclic) bond motifs is 1. The number of aliphatic hydroxyl groups is 1. The first-order valence-corrected chi connectivity index (χ1v) is 7.79. The van der Waals surface area contributed by atoms with Crippen molar-refractivity contribution in [3.8, 4) is 0 Å². The SMILES string of the molecule is CCS(=O)(=O)N1CCC2(O)CCCCC2C1. The maximum Gasteiger partial charge on any atom is 0.213 e. The lowest BCUT2D eigenvalue weighted by atomic mass is 9.72. The molecular weight excluding hydrogens is 226 g/mol. The minimum atomic E-state index is -3.08. The number of sulfonamides is 1. The summed E-state index contributed by atoms with van der Waals surface area (Å²) in [4.78, 5) is 0. The van der Waals surface area contributed by atoms with E-state index in [-0.39, 0.29) is 11.7 Å². The number of rotatable bonds is 2. The second kappa shape index (κ2) is 4.27. The Morgan fingerprint density at radius 3 is 2.81 bits per heavy atom. The van der Waals surface area contributed by atoms with E-state index in [9.17, 15) is 13.5 Å². The van der Waals surface area contributed by atoms with Crippen LogP contribution in [0.2, 0.25) is 0 Å². The van der Waals surface area contributed by atoms with Crippen LogP contribution >= 0.6 is 0 Å². The predicted molar refractivity (Wildman–Crippen MR) is 62.6 cm³/mol. The van der Waals surface area contributed by atoms with E-state index in [1.54, 1.807) is 11.2 Å². The molecule has 94 valence electrons. The summed E-state index contributed by atoms with van der Waals surface area (Å²) in [5.74, 6) is 0.314. The summed E-state index contributed by atoms with van der Waals surface area (Å²) >= 11 is 0. The van der Waals surface area contributed by atoms with E-state index in [1.807, 2.05) is 0 Å². The molecule has 0 bridgehead atoms. The molecule has 2 aliphatic rings. The minimum Gasteiger partial charge on any atom is -0.390 e. The molecule has 1 heterocycles. The highest BCUT2D eigenvalue weighted by atomic mass is 32.2. The maximum absolute atomic E-state index is 11.8. The van der Waals surface area contributed by atoms with Crippen LogP contribution in [0.1, 0.15) is 39.0 Å². The highest BCUT2D eigenvalue weighted by Gasteiger charge is 2.44. The summed E-state index contributed by atoms with van der Waals surface area (Å²) in [7, 11) is -3.08. The molecule has 1 saturated heterocycles. The van der Waals surface area contributed by atoms with Crippen LogP contribution in [0.15, 0.2) is 0 Å². The predicted octanol–water partition coefficient (Wildman–Crippen LogP) is 0.963. The lowest BCUT2D eigenvalue weighted by Crippen LogP contribution is -2.54. The van der Waals surface area contributed by atoms with Crippen LogP contribution in [-0.2, 0) is 10.0 Å². The lowest BCUT2D eigenvalue weighted by molar-refractivity contribution is -0.0816. The van der Waals surface area contributed by atoms with Gasteiger partial charge in [-0.25, -0.2) is 12.7 Å². The summed E-state index contributed by atoms with van der Waals surface area (Å²) in [6.07, 6.45) is 4.61. The summed E-state index contributed by atoms with van der Waals surface area (Å²) in [5, 5.41) is 10.4. The van der Waals surface area contributed by atoms with E-state index in [0.29, 0.717) is 19.5 Å². The molecule has 1 aliphatic carbocycles. The Morgan fingerprint density at radius 2 is 2.12 bits per heavy atom. The van der Waals surface area contributed by atoms with Crippen LogP contribution in [0.5, 0.6) is 0 Å². The fraction of sp³-hybridized carbons (Fsp3) is 1.00. The molecule has 1 aliphatic heterocycles. The minimum absolute atomic E-state index is 0.149. The van der Waals surface area contributed by atoms with Crippen LogP contribution < -0.4 is 0 Å². The molecule has 2 fully saturated rings. The second-order valence-corrected chi connectivity index (χ2v) is 7.31. The maximum atomic E-state index is 11.8. The molecule has 2 rings (SSSR count). The van der Waals surface area contributed by atoms with Gasteiger partial charge in [-0.15, -0.1) is 0 Å². The van der Waals surface area contributed by atoms with E-state index < -0.39 is 15.6 Å². The molecule has 5 heteroatoms. The quantitative estimate of drug-likeness (QED) is 0.791. The average Bonchev–Trinajstić information content (AvgIpc) is 2.27. The van der Waals surface area contributed by atoms with Gasteiger partial charge >= 0.3 is 0 Å². The topological polar surface area (TPSA) is 57.6 Å². The van der Waals surface area contributed by atoms with Gasteiger partial charge in [-0.1, -0.05) is 12.8 Å². The Bertz CT molecular complexity index is 354. The summed E-state index contributed by atoms with van der Waals surface area (Å²) in [6, 6.07) is 0. The van der Waals surface area contributed by atoms with Crippen LogP contribution in [0, 0.1) is 5.92 Å². The molecule has 0 amide bonds. The van der Waals surface area contributed by atoms with Gasteiger partial charge in [-0.05, 0) is 26.2 Å². The molecule has 1 saturated carbocycles. The highest BCUT2D eigenvalue weighted by molar-refractivity contribution is 7.89. The van der Waals surface area contributed by atoms with Gasteiger partial charge in [0.05, 0.1) is 11.4 Å². The van der Waals surface area contributed by atoms with Gasteiger partial charge in [0.1, 0.15) is 0 Å². The average molecular weight is 247 g/mol. The third-order valence-corrected chi connectivity index (χ3v) is 6.00. The van der Waals surface area contributed by atoms with Crippen molar-refractivity contribution in [2.75, 3.05) is 18.8 Å². The molecule has 0 aromatic heterocycles. The summed E-state index contributed by atoms with van der Waals surface area (Å²) in [6.45, 7) is 2.69. The molecule has 0 aromatic rings. The third-order valence-electron chi connectivity index (χ3n) is 4.15. The molecule has 0 radical (unpaired) electrons. The smallest absolute Gasteiger partial charge is 0.213 e. The number of nitrogens with zero attached hydrogens (tertiary/aromatic N) is 1.